The van der Waals surface area contributed by atoms with E-state index in [4.69, 9.17) is 16.9 Å². The molecular formula is C9H6ClNO2S. The van der Waals surface area contributed by atoms with Crippen molar-refractivity contribution in [3.05, 3.63) is 29.8 Å². The molecule has 0 atom stereocenters. The summed E-state index contributed by atoms with van der Waals surface area (Å²) < 4.78 is 4.58. The van der Waals surface area contributed by atoms with E-state index in [1.54, 1.807) is 24.3 Å². The number of nitrogens with zero attached hydrogens (tertiary/aromatic N) is 1. The Bertz CT molecular complexity index is 358. The maximum absolute atomic E-state index is 11.1. The van der Waals surface area contributed by atoms with Gasteiger partial charge in [0.2, 0.25) is 0 Å². The van der Waals surface area contributed by atoms with Gasteiger partial charge in [-0.2, -0.15) is 5.26 Å². The molecule has 0 heterocycles. The van der Waals surface area contributed by atoms with Crippen LogP contribution in [-0.4, -0.2) is 12.0 Å². The number of carbonyl (C=O) groups is 1. The van der Waals surface area contributed by atoms with Crippen molar-refractivity contribution in [3.8, 4) is 5.40 Å². The lowest BCUT2D eigenvalue weighted by molar-refractivity contribution is 0.0574. The lowest BCUT2D eigenvalue weighted by Crippen LogP contribution is -2.02. The number of alkyl halides is 1. The van der Waals surface area contributed by atoms with Crippen LogP contribution >= 0.6 is 23.4 Å². The normalized spacial score (nSPS) is 9.14. The van der Waals surface area contributed by atoms with Crippen LogP contribution in [0.2, 0.25) is 0 Å². The maximum Gasteiger partial charge on any atom is 0.339 e. The molecule has 0 unspecified atom stereocenters. The van der Waals surface area contributed by atoms with Gasteiger partial charge in [-0.1, -0.05) is 11.6 Å². The van der Waals surface area contributed by atoms with E-state index in [9.17, 15) is 4.79 Å². The zero-order chi connectivity index (χ0) is 10.4. The fourth-order valence-electron chi connectivity index (χ4n) is 0.845. The number of carbonyl (C=O) groups excluding carboxylic acids is 1. The van der Waals surface area contributed by atoms with Crippen molar-refractivity contribution in [2.24, 2.45) is 0 Å². The Labute approximate surface area is 90.6 Å². The fourth-order valence-corrected chi connectivity index (χ4v) is 1.32. The molecule has 0 aliphatic carbocycles. The molecule has 0 aliphatic rings. The highest BCUT2D eigenvalue weighted by atomic mass is 35.5. The summed E-state index contributed by atoms with van der Waals surface area (Å²) in [5.41, 5.74) is 0.424. The summed E-state index contributed by atoms with van der Waals surface area (Å²) in [6.07, 6.45) is 0. The minimum Gasteiger partial charge on any atom is -0.446 e. The summed E-state index contributed by atoms with van der Waals surface area (Å²) in [5.74, 6) is -0.464. The van der Waals surface area contributed by atoms with E-state index < -0.39 is 5.97 Å². The van der Waals surface area contributed by atoms with Gasteiger partial charge in [-0.3, -0.25) is 0 Å². The Morgan fingerprint density at radius 1 is 1.50 bits per heavy atom. The number of hydrogen-bond donors (Lipinski definition) is 0. The summed E-state index contributed by atoms with van der Waals surface area (Å²) >= 11 is 6.27. The largest absolute Gasteiger partial charge is 0.446 e. The van der Waals surface area contributed by atoms with Crippen LogP contribution in [0.25, 0.3) is 0 Å². The van der Waals surface area contributed by atoms with Gasteiger partial charge in [-0.15, -0.1) is 0 Å². The molecule has 1 aromatic rings. The molecule has 0 radical (unpaired) electrons. The molecule has 0 saturated heterocycles. The van der Waals surface area contributed by atoms with E-state index in [1.807, 2.05) is 5.40 Å². The highest BCUT2D eigenvalue weighted by Gasteiger charge is 2.05. The SMILES string of the molecule is N#CSc1ccc(C(=O)OCCl)cc1. The Hall–Kier alpha value is -1.18. The third kappa shape index (κ3) is 2.95. The predicted octanol–water partition coefficient (Wildman–Crippen LogP) is 2.61. The van der Waals surface area contributed by atoms with Crippen LogP contribution < -0.4 is 0 Å². The zero-order valence-electron chi connectivity index (χ0n) is 7.07. The molecule has 0 fully saturated rings. The number of thioether (sulfide) groups is 1. The molecule has 1 rings (SSSR count). The van der Waals surface area contributed by atoms with Crippen LogP contribution in [0.15, 0.2) is 29.2 Å². The minimum absolute atomic E-state index is 0.159. The molecule has 0 bridgehead atoms. The second kappa shape index (κ2) is 5.53. The van der Waals surface area contributed by atoms with Gasteiger partial charge in [0.05, 0.1) is 5.56 Å². The van der Waals surface area contributed by atoms with Crippen molar-refractivity contribution in [1.82, 2.24) is 0 Å². The zero-order valence-corrected chi connectivity index (χ0v) is 8.64. The molecule has 0 aliphatic heterocycles. The molecular weight excluding hydrogens is 222 g/mol. The first kappa shape index (κ1) is 10.9. The maximum atomic E-state index is 11.1. The molecule has 3 nitrogen and oxygen atoms in total. The average molecular weight is 228 g/mol. The van der Waals surface area contributed by atoms with Crippen molar-refractivity contribution in [2.45, 2.75) is 4.90 Å². The molecule has 72 valence electrons. The molecule has 5 heteroatoms. The molecule has 14 heavy (non-hydrogen) atoms. The van der Waals surface area contributed by atoms with E-state index in [0.29, 0.717) is 5.56 Å². The second-order valence-corrected chi connectivity index (χ2v) is 3.33. The van der Waals surface area contributed by atoms with Crippen LogP contribution in [0.1, 0.15) is 10.4 Å². The van der Waals surface area contributed by atoms with E-state index in [0.717, 1.165) is 16.7 Å². The first-order valence-electron chi connectivity index (χ1n) is 3.67. The standard InChI is InChI=1S/C9H6ClNO2S/c10-5-13-9(12)7-1-3-8(4-2-7)14-6-11/h1-4H,5H2. The van der Waals surface area contributed by atoms with Gasteiger partial charge in [0.15, 0.2) is 6.07 Å². The number of halogens is 1. The Morgan fingerprint density at radius 3 is 2.64 bits per heavy atom. The highest BCUT2D eigenvalue weighted by molar-refractivity contribution is 8.03. The van der Waals surface area contributed by atoms with Crippen LogP contribution in [0.3, 0.4) is 0 Å². The molecule has 1 aromatic carbocycles. The van der Waals surface area contributed by atoms with Crippen molar-refractivity contribution in [3.63, 3.8) is 0 Å². The first-order valence-corrected chi connectivity index (χ1v) is 5.02. The van der Waals surface area contributed by atoms with Gasteiger partial charge in [0.1, 0.15) is 5.40 Å². The van der Waals surface area contributed by atoms with Gasteiger partial charge < -0.3 is 4.74 Å². The number of ether oxygens (including phenoxy) is 1. The van der Waals surface area contributed by atoms with Gasteiger partial charge in [-0.25, -0.2) is 4.79 Å². The molecule has 0 N–H and O–H groups in total. The van der Waals surface area contributed by atoms with Gasteiger partial charge in [0, 0.05) is 4.90 Å². The van der Waals surface area contributed by atoms with Gasteiger partial charge in [0.25, 0.3) is 0 Å². The highest BCUT2D eigenvalue weighted by Crippen LogP contribution is 2.17. The number of thiocyanates is 1. The minimum atomic E-state index is -0.464. The van der Waals surface area contributed by atoms with E-state index in [-0.39, 0.29) is 6.07 Å². The monoisotopic (exact) mass is 227 g/mol. The smallest absolute Gasteiger partial charge is 0.339 e. The summed E-state index contributed by atoms with van der Waals surface area (Å²) in [7, 11) is 0. The fraction of sp³-hybridized carbons (Fsp3) is 0.111. The first-order chi connectivity index (χ1) is 6.77. The van der Waals surface area contributed by atoms with E-state index >= 15 is 0 Å². The van der Waals surface area contributed by atoms with Crippen molar-refractivity contribution >= 4 is 29.3 Å². The topological polar surface area (TPSA) is 50.1 Å². The van der Waals surface area contributed by atoms with Gasteiger partial charge in [-0.05, 0) is 36.0 Å². The van der Waals surface area contributed by atoms with Crippen LogP contribution in [-0.2, 0) is 4.74 Å². The second-order valence-electron chi connectivity index (χ2n) is 2.26. The number of benzene rings is 1. The Morgan fingerprint density at radius 2 is 2.14 bits per heavy atom. The van der Waals surface area contributed by atoms with Crippen LogP contribution in [0.5, 0.6) is 0 Å². The summed E-state index contributed by atoms with van der Waals surface area (Å²) in [6.45, 7) is 0. The summed E-state index contributed by atoms with van der Waals surface area (Å²) in [6, 6.07) is 6.38. The predicted molar refractivity (Wildman–Crippen MR) is 54.0 cm³/mol. The van der Waals surface area contributed by atoms with Gasteiger partial charge >= 0.3 is 5.97 Å². The molecule has 0 aromatic heterocycles. The quantitative estimate of drug-likeness (QED) is 0.345. The number of esters is 1. The van der Waals surface area contributed by atoms with E-state index in [2.05, 4.69) is 4.74 Å². The number of rotatable bonds is 3. The summed E-state index contributed by atoms with van der Waals surface area (Å²) in [5, 5.41) is 10.3. The third-order valence-electron chi connectivity index (χ3n) is 1.44. The number of nitriles is 1. The van der Waals surface area contributed by atoms with Crippen LogP contribution in [0, 0.1) is 10.7 Å². The molecule has 0 saturated carbocycles. The Kier molecular flexibility index (Phi) is 4.30. The number of hydrogen-bond acceptors (Lipinski definition) is 4. The third-order valence-corrected chi connectivity index (χ3v) is 2.15. The lowest BCUT2D eigenvalue weighted by atomic mass is 10.2. The van der Waals surface area contributed by atoms with Crippen molar-refractivity contribution < 1.29 is 9.53 Å². The summed E-state index contributed by atoms with van der Waals surface area (Å²) in [4.78, 5) is 11.9. The molecule has 0 spiro atoms. The lowest BCUT2D eigenvalue weighted by Gasteiger charge is -2.00. The average Bonchev–Trinajstić information content (AvgIpc) is 2.20. The van der Waals surface area contributed by atoms with E-state index in [1.165, 1.54) is 0 Å². The van der Waals surface area contributed by atoms with Crippen LogP contribution in [0.4, 0.5) is 0 Å². The van der Waals surface area contributed by atoms with Crippen molar-refractivity contribution in [1.29, 1.82) is 5.26 Å². The molecule has 0 amide bonds. The Balaban J connectivity index is 2.73. The van der Waals surface area contributed by atoms with Crippen molar-refractivity contribution in [2.75, 3.05) is 6.07 Å².